The van der Waals surface area contributed by atoms with E-state index >= 15 is 0 Å². The molecule has 1 N–H and O–H groups in total. The first-order valence-corrected chi connectivity index (χ1v) is 9.94. The Morgan fingerprint density at radius 2 is 2.07 bits per heavy atom. The van der Waals surface area contributed by atoms with Crippen molar-refractivity contribution in [2.75, 3.05) is 13.2 Å². The third-order valence-electron chi connectivity index (χ3n) is 5.26. The summed E-state index contributed by atoms with van der Waals surface area (Å²) in [6.45, 7) is 9.79. The number of esters is 1. The molecule has 0 aromatic heterocycles. The average Bonchev–Trinajstić information content (AvgIpc) is 2.73. The second-order valence-corrected chi connectivity index (χ2v) is 8.03. The number of carbonyl (C=O) groups excluding carboxylic acids is 2. The number of aliphatic hydroxyl groups is 1. The molecule has 1 fully saturated rings. The summed E-state index contributed by atoms with van der Waals surface area (Å²) in [6, 6.07) is 0. The van der Waals surface area contributed by atoms with Gasteiger partial charge in [-0.2, -0.15) is 0 Å². The van der Waals surface area contributed by atoms with E-state index in [1.807, 2.05) is 33.8 Å². The topological polar surface area (TPSA) is 72.8 Å². The Morgan fingerprint density at radius 3 is 2.67 bits per heavy atom. The molecule has 0 saturated carbocycles. The van der Waals surface area contributed by atoms with Gasteiger partial charge < -0.3 is 14.6 Å². The van der Waals surface area contributed by atoms with Crippen molar-refractivity contribution in [3.63, 3.8) is 0 Å². The molecule has 154 valence electrons. The molecule has 1 saturated heterocycles. The SMILES string of the molecule is CC(=O)O[C@@H]1CC/C(=C\CO)COC1(C)CCCC(C)C(=O)CC=C(C)C. The van der Waals surface area contributed by atoms with Crippen molar-refractivity contribution >= 4 is 11.8 Å². The van der Waals surface area contributed by atoms with E-state index in [2.05, 4.69) is 0 Å². The van der Waals surface area contributed by atoms with Gasteiger partial charge in [-0.15, -0.1) is 0 Å². The fraction of sp³-hybridized carbons (Fsp3) is 0.727. The van der Waals surface area contributed by atoms with Gasteiger partial charge in [0.2, 0.25) is 0 Å². The number of hydrogen-bond donors (Lipinski definition) is 1. The molecular formula is C22H36O5. The summed E-state index contributed by atoms with van der Waals surface area (Å²) in [5, 5.41) is 9.13. The standard InChI is InChI=1S/C22H36O5/c1-16(2)8-10-20(25)17(3)7-6-13-22(5)21(27-18(4)24)11-9-19(12-14-23)15-26-22/h8,12,17,21,23H,6-7,9-11,13-15H2,1-5H3/b19-12+/t17?,21-,22?/m1/s1. The molecule has 0 amide bonds. The minimum Gasteiger partial charge on any atom is -0.459 e. The molecule has 27 heavy (non-hydrogen) atoms. The summed E-state index contributed by atoms with van der Waals surface area (Å²) in [5.41, 5.74) is 1.61. The van der Waals surface area contributed by atoms with Crippen molar-refractivity contribution in [2.24, 2.45) is 5.92 Å². The van der Waals surface area contributed by atoms with Crippen LogP contribution in [0.5, 0.6) is 0 Å². The Balaban J connectivity index is 2.68. The molecule has 1 aliphatic heterocycles. The van der Waals surface area contributed by atoms with Gasteiger partial charge in [0.15, 0.2) is 0 Å². The largest absolute Gasteiger partial charge is 0.459 e. The van der Waals surface area contributed by atoms with E-state index in [-0.39, 0.29) is 30.4 Å². The Bertz CT molecular complexity index is 559. The minimum atomic E-state index is -0.584. The Labute approximate surface area is 163 Å². The highest BCUT2D eigenvalue weighted by molar-refractivity contribution is 5.82. The molecule has 0 aromatic carbocycles. The summed E-state index contributed by atoms with van der Waals surface area (Å²) in [5.74, 6) is -0.0467. The van der Waals surface area contributed by atoms with Gasteiger partial charge in [0.25, 0.3) is 0 Å². The molecule has 0 aromatic rings. The van der Waals surface area contributed by atoms with Gasteiger partial charge in [-0.25, -0.2) is 0 Å². The first-order chi connectivity index (χ1) is 12.7. The summed E-state index contributed by atoms with van der Waals surface area (Å²) >= 11 is 0. The van der Waals surface area contributed by atoms with Crippen LogP contribution in [0.2, 0.25) is 0 Å². The van der Waals surface area contributed by atoms with E-state index in [9.17, 15) is 9.59 Å². The molecule has 2 unspecified atom stereocenters. The van der Waals surface area contributed by atoms with E-state index in [1.54, 1.807) is 6.08 Å². The van der Waals surface area contributed by atoms with Gasteiger partial charge in [-0.3, -0.25) is 9.59 Å². The maximum absolute atomic E-state index is 12.2. The smallest absolute Gasteiger partial charge is 0.303 e. The van der Waals surface area contributed by atoms with E-state index in [4.69, 9.17) is 14.6 Å². The van der Waals surface area contributed by atoms with Gasteiger partial charge in [0.1, 0.15) is 17.5 Å². The van der Waals surface area contributed by atoms with Crippen LogP contribution in [0.3, 0.4) is 0 Å². The van der Waals surface area contributed by atoms with E-state index in [0.29, 0.717) is 19.4 Å². The highest BCUT2D eigenvalue weighted by Crippen LogP contribution is 2.34. The molecule has 1 rings (SSSR count). The van der Waals surface area contributed by atoms with Gasteiger partial charge in [0.05, 0.1) is 13.2 Å². The fourth-order valence-electron chi connectivity index (χ4n) is 3.38. The second kappa shape index (κ2) is 11.4. The van der Waals surface area contributed by atoms with Crippen molar-refractivity contribution in [3.05, 3.63) is 23.3 Å². The quantitative estimate of drug-likeness (QED) is 0.481. The Kier molecular flexibility index (Phi) is 9.95. The van der Waals surface area contributed by atoms with Crippen molar-refractivity contribution in [2.45, 2.75) is 84.8 Å². The number of ketones is 1. The lowest BCUT2D eigenvalue weighted by Gasteiger charge is -2.35. The number of aliphatic hydroxyl groups excluding tert-OH is 1. The summed E-state index contributed by atoms with van der Waals surface area (Å²) < 4.78 is 11.7. The maximum Gasteiger partial charge on any atom is 0.303 e. The molecule has 5 heteroatoms. The first-order valence-electron chi connectivity index (χ1n) is 9.94. The first kappa shape index (κ1) is 23.6. The van der Waals surface area contributed by atoms with Gasteiger partial charge >= 0.3 is 5.97 Å². The van der Waals surface area contributed by atoms with Gasteiger partial charge in [0, 0.05) is 19.3 Å². The van der Waals surface area contributed by atoms with Crippen LogP contribution in [-0.2, 0) is 19.1 Å². The molecule has 3 atom stereocenters. The third-order valence-corrected chi connectivity index (χ3v) is 5.26. The van der Waals surface area contributed by atoms with Crippen molar-refractivity contribution < 1.29 is 24.2 Å². The van der Waals surface area contributed by atoms with Crippen LogP contribution >= 0.6 is 0 Å². The van der Waals surface area contributed by atoms with Crippen LogP contribution in [0, 0.1) is 5.92 Å². The highest BCUT2D eigenvalue weighted by Gasteiger charge is 2.39. The predicted octanol–water partition coefficient (Wildman–Crippen LogP) is 4.14. The normalized spacial score (nSPS) is 25.6. The third kappa shape index (κ3) is 8.39. The van der Waals surface area contributed by atoms with Gasteiger partial charge in [-0.1, -0.05) is 24.6 Å². The fourth-order valence-corrected chi connectivity index (χ4v) is 3.38. The van der Waals surface area contributed by atoms with Crippen LogP contribution < -0.4 is 0 Å². The molecule has 0 radical (unpaired) electrons. The Hall–Kier alpha value is -1.46. The van der Waals surface area contributed by atoms with E-state index in [0.717, 1.165) is 36.8 Å². The zero-order valence-electron chi connectivity index (χ0n) is 17.5. The number of rotatable bonds is 9. The lowest BCUT2D eigenvalue weighted by molar-refractivity contribution is -0.167. The molecule has 5 nitrogen and oxygen atoms in total. The van der Waals surface area contributed by atoms with Crippen molar-refractivity contribution in [1.29, 1.82) is 0 Å². The highest BCUT2D eigenvalue weighted by atomic mass is 16.6. The van der Waals surface area contributed by atoms with Crippen LogP contribution in [0.4, 0.5) is 0 Å². The Morgan fingerprint density at radius 1 is 1.37 bits per heavy atom. The zero-order valence-corrected chi connectivity index (χ0v) is 17.5. The molecule has 0 aliphatic carbocycles. The molecule has 0 bridgehead atoms. The number of Topliss-reactive ketones (excluding diaryl/α,β-unsaturated/α-hetero) is 1. The second-order valence-electron chi connectivity index (χ2n) is 8.03. The average molecular weight is 381 g/mol. The molecular weight excluding hydrogens is 344 g/mol. The monoisotopic (exact) mass is 380 g/mol. The van der Waals surface area contributed by atoms with E-state index in [1.165, 1.54) is 6.92 Å². The van der Waals surface area contributed by atoms with E-state index < -0.39 is 5.60 Å². The summed E-state index contributed by atoms with van der Waals surface area (Å²) in [7, 11) is 0. The lowest BCUT2D eigenvalue weighted by Crippen LogP contribution is -2.43. The van der Waals surface area contributed by atoms with Gasteiger partial charge in [-0.05, 0) is 58.4 Å². The summed E-state index contributed by atoms with van der Waals surface area (Å²) in [4.78, 5) is 23.7. The van der Waals surface area contributed by atoms with Crippen molar-refractivity contribution in [1.82, 2.24) is 0 Å². The predicted molar refractivity (Wildman–Crippen MR) is 106 cm³/mol. The van der Waals surface area contributed by atoms with Crippen molar-refractivity contribution in [3.8, 4) is 0 Å². The lowest BCUT2D eigenvalue weighted by atomic mass is 9.87. The summed E-state index contributed by atoms with van der Waals surface area (Å²) in [6.07, 6.45) is 7.66. The number of allylic oxidation sites excluding steroid dienone is 2. The van der Waals surface area contributed by atoms with Crippen LogP contribution in [0.25, 0.3) is 0 Å². The van der Waals surface area contributed by atoms with Crippen LogP contribution in [-0.4, -0.2) is 41.8 Å². The van der Waals surface area contributed by atoms with Crippen LogP contribution in [0.1, 0.15) is 73.1 Å². The maximum atomic E-state index is 12.2. The molecule has 1 heterocycles. The molecule has 0 spiro atoms. The minimum absolute atomic E-state index is 0.00648. The number of hydrogen-bond acceptors (Lipinski definition) is 5. The number of carbonyl (C=O) groups is 2. The zero-order chi connectivity index (χ0) is 20.4. The molecule has 1 aliphatic rings. The van der Waals surface area contributed by atoms with Crippen LogP contribution in [0.15, 0.2) is 23.3 Å². The number of ether oxygens (including phenoxy) is 2.